The molecule has 0 fully saturated rings. The van der Waals surface area contributed by atoms with E-state index in [-0.39, 0.29) is 24.0 Å². The second-order valence-corrected chi connectivity index (χ2v) is 7.82. The van der Waals surface area contributed by atoms with Gasteiger partial charge in [-0.15, -0.1) is 46.7 Å². The Morgan fingerprint density at radius 3 is 2.58 bits per heavy atom. The van der Waals surface area contributed by atoms with Gasteiger partial charge in [0.2, 0.25) is 0 Å². The number of hydrogen-bond donors (Lipinski definition) is 2. The number of nitrogens with zero attached hydrogens (tertiary/aromatic N) is 3. The Kier molecular flexibility index (Phi) is 9.17. The number of halogens is 1. The fourth-order valence-corrected chi connectivity index (χ4v) is 4.00. The van der Waals surface area contributed by atoms with Gasteiger partial charge < -0.3 is 15.5 Å². The molecule has 0 amide bonds. The summed E-state index contributed by atoms with van der Waals surface area (Å²) in [5, 5.41) is 9.95. The summed E-state index contributed by atoms with van der Waals surface area (Å²) in [7, 11) is 6.00. The summed E-state index contributed by atoms with van der Waals surface area (Å²) in [6, 6.07) is 4.60. The molecule has 0 spiro atoms. The Hall–Kier alpha value is -0.710. The molecule has 0 aliphatic heterocycles. The summed E-state index contributed by atoms with van der Waals surface area (Å²) >= 11 is 3.51. The number of guanidine groups is 1. The van der Waals surface area contributed by atoms with Crippen LogP contribution in [0.5, 0.6) is 0 Å². The van der Waals surface area contributed by atoms with Crippen molar-refractivity contribution < 1.29 is 0 Å². The molecule has 2 rings (SSSR count). The van der Waals surface area contributed by atoms with E-state index in [1.165, 1.54) is 9.75 Å². The number of aliphatic imine (C=N–C) groups is 1. The van der Waals surface area contributed by atoms with Crippen molar-refractivity contribution in [3.05, 3.63) is 38.0 Å². The van der Waals surface area contributed by atoms with Crippen LogP contribution in [0.2, 0.25) is 0 Å². The largest absolute Gasteiger partial charge is 0.354 e. The van der Waals surface area contributed by atoms with Crippen molar-refractivity contribution in [3.8, 4) is 0 Å². The monoisotopic (exact) mass is 479 g/mol. The lowest BCUT2D eigenvalue weighted by molar-refractivity contribution is 0.302. The van der Waals surface area contributed by atoms with Gasteiger partial charge in [-0.2, -0.15) is 0 Å². The molecule has 1 atom stereocenters. The van der Waals surface area contributed by atoms with Crippen molar-refractivity contribution in [1.82, 2.24) is 20.5 Å². The van der Waals surface area contributed by atoms with Gasteiger partial charge >= 0.3 is 0 Å². The molecular formula is C16H26IN5S2. The first-order valence-electron chi connectivity index (χ1n) is 7.58. The van der Waals surface area contributed by atoms with Crippen molar-refractivity contribution in [3.63, 3.8) is 0 Å². The molecule has 24 heavy (non-hydrogen) atoms. The Morgan fingerprint density at radius 2 is 2.08 bits per heavy atom. The van der Waals surface area contributed by atoms with Gasteiger partial charge in [0, 0.05) is 23.3 Å². The maximum Gasteiger partial charge on any atom is 0.191 e. The van der Waals surface area contributed by atoms with Gasteiger partial charge in [-0.1, -0.05) is 6.07 Å². The van der Waals surface area contributed by atoms with Crippen molar-refractivity contribution in [2.45, 2.75) is 26.4 Å². The molecule has 5 nitrogen and oxygen atoms in total. The van der Waals surface area contributed by atoms with Crippen LogP contribution in [0.15, 0.2) is 22.5 Å². The highest BCUT2D eigenvalue weighted by Crippen LogP contribution is 2.22. The SMILES string of the molecule is CN=C(NCc1nc(C)c(C)s1)NCC(c1cccs1)N(C)C.I. The topological polar surface area (TPSA) is 52.6 Å². The average Bonchev–Trinajstić information content (AvgIpc) is 3.13. The van der Waals surface area contributed by atoms with Crippen LogP contribution in [0.1, 0.15) is 26.5 Å². The third-order valence-corrected chi connectivity index (χ3v) is 5.71. The predicted molar refractivity (Wildman–Crippen MR) is 116 cm³/mol. The van der Waals surface area contributed by atoms with E-state index in [2.05, 4.69) is 64.0 Å². The fourth-order valence-electron chi connectivity index (χ4n) is 2.21. The predicted octanol–water partition coefficient (Wildman–Crippen LogP) is 3.41. The number of thiazole rings is 1. The van der Waals surface area contributed by atoms with Crippen LogP contribution in [0.4, 0.5) is 0 Å². The molecule has 0 bridgehead atoms. The summed E-state index contributed by atoms with van der Waals surface area (Å²) in [6.07, 6.45) is 0. The second-order valence-electron chi connectivity index (χ2n) is 5.55. The van der Waals surface area contributed by atoms with Crippen LogP contribution in [-0.2, 0) is 6.54 Å². The molecular weight excluding hydrogens is 453 g/mol. The first-order valence-corrected chi connectivity index (χ1v) is 9.28. The zero-order valence-electron chi connectivity index (χ0n) is 14.8. The molecule has 0 radical (unpaired) electrons. The molecule has 0 saturated heterocycles. The van der Waals surface area contributed by atoms with E-state index in [9.17, 15) is 0 Å². The van der Waals surface area contributed by atoms with E-state index < -0.39 is 0 Å². The maximum absolute atomic E-state index is 4.55. The lowest BCUT2D eigenvalue weighted by Gasteiger charge is -2.24. The standard InChI is InChI=1S/C16H25N5S2.HI/c1-11-12(2)23-15(20-11)10-19-16(17-3)18-9-13(21(4)5)14-7-6-8-22-14;/h6-8,13H,9-10H2,1-5H3,(H2,17,18,19);1H. The smallest absolute Gasteiger partial charge is 0.191 e. The highest BCUT2D eigenvalue weighted by molar-refractivity contribution is 14.0. The zero-order chi connectivity index (χ0) is 16.8. The Morgan fingerprint density at radius 1 is 1.33 bits per heavy atom. The number of nitrogens with one attached hydrogen (secondary N) is 2. The van der Waals surface area contributed by atoms with Crippen LogP contribution in [0, 0.1) is 13.8 Å². The van der Waals surface area contributed by atoms with Crippen LogP contribution in [0.25, 0.3) is 0 Å². The first kappa shape index (κ1) is 21.3. The lowest BCUT2D eigenvalue weighted by Crippen LogP contribution is -2.41. The number of hydrogen-bond acceptors (Lipinski definition) is 5. The maximum atomic E-state index is 4.55. The van der Waals surface area contributed by atoms with Crippen molar-refractivity contribution in [2.24, 2.45) is 4.99 Å². The normalized spacial score (nSPS) is 12.8. The Bertz CT molecular complexity index is 617. The van der Waals surface area contributed by atoms with Crippen molar-refractivity contribution in [1.29, 1.82) is 0 Å². The van der Waals surface area contributed by atoms with E-state index >= 15 is 0 Å². The van der Waals surface area contributed by atoms with Crippen LogP contribution in [0.3, 0.4) is 0 Å². The molecule has 2 aromatic rings. The van der Waals surface area contributed by atoms with Gasteiger partial charge in [0.25, 0.3) is 0 Å². The first-order chi connectivity index (χ1) is 11.0. The van der Waals surface area contributed by atoms with E-state index in [1.54, 1.807) is 29.7 Å². The molecule has 0 aliphatic rings. The van der Waals surface area contributed by atoms with E-state index in [4.69, 9.17) is 0 Å². The fraction of sp³-hybridized carbons (Fsp3) is 0.500. The highest BCUT2D eigenvalue weighted by Gasteiger charge is 2.15. The summed E-state index contributed by atoms with van der Waals surface area (Å²) in [6.45, 7) is 5.66. The molecule has 0 aromatic carbocycles. The summed E-state index contributed by atoms with van der Waals surface area (Å²) in [5.74, 6) is 0.805. The van der Waals surface area contributed by atoms with E-state index in [0.29, 0.717) is 12.6 Å². The molecule has 2 N–H and O–H groups in total. The molecule has 0 saturated carbocycles. The van der Waals surface area contributed by atoms with Gasteiger partial charge in [-0.05, 0) is 39.4 Å². The van der Waals surface area contributed by atoms with Gasteiger partial charge in [0.15, 0.2) is 5.96 Å². The van der Waals surface area contributed by atoms with E-state index in [1.807, 2.05) is 6.92 Å². The number of rotatable bonds is 6. The number of aromatic nitrogens is 1. The second kappa shape index (κ2) is 10.3. The van der Waals surface area contributed by atoms with Crippen molar-refractivity contribution >= 4 is 52.6 Å². The van der Waals surface area contributed by atoms with Crippen LogP contribution < -0.4 is 10.6 Å². The molecule has 0 aliphatic carbocycles. The minimum atomic E-state index is 0. The molecule has 134 valence electrons. The van der Waals surface area contributed by atoms with Gasteiger partial charge in [0.1, 0.15) is 5.01 Å². The quantitative estimate of drug-likeness (QED) is 0.379. The minimum absolute atomic E-state index is 0. The third-order valence-electron chi connectivity index (χ3n) is 3.66. The molecule has 2 heterocycles. The third kappa shape index (κ3) is 5.98. The number of aryl methyl sites for hydroxylation is 2. The highest BCUT2D eigenvalue weighted by atomic mass is 127. The summed E-state index contributed by atoms with van der Waals surface area (Å²) in [5.41, 5.74) is 1.11. The molecule has 8 heteroatoms. The van der Waals surface area contributed by atoms with Crippen LogP contribution >= 0.6 is 46.7 Å². The molecule has 2 aromatic heterocycles. The zero-order valence-corrected chi connectivity index (χ0v) is 18.8. The van der Waals surface area contributed by atoms with Crippen LogP contribution in [-0.4, -0.2) is 43.5 Å². The summed E-state index contributed by atoms with van der Waals surface area (Å²) < 4.78 is 0. The molecule has 1 unspecified atom stereocenters. The summed E-state index contributed by atoms with van der Waals surface area (Å²) in [4.78, 5) is 13.7. The van der Waals surface area contributed by atoms with Gasteiger partial charge in [0.05, 0.1) is 18.3 Å². The number of likely N-dealkylation sites (N-methyl/N-ethyl adjacent to an activating group) is 1. The average molecular weight is 479 g/mol. The van der Waals surface area contributed by atoms with Gasteiger partial charge in [-0.25, -0.2) is 4.98 Å². The van der Waals surface area contributed by atoms with Gasteiger partial charge in [-0.3, -0.25) is 4.99 Å². The lowest BCUT2D eigenvalue weighted by atomic mass is 10.2. The number of thiophene rings is 1. The Labute approximate surface area is 169 Å². The minimum Gasteiger partial charge on any atom is -0.354 e. The Balaban J connectivity index is 0.00000288. The van der Waals surface area contributed by atoms with Crippen molar-refractivity contribution in [2.75, 3.05) is 27.7 Å². The van der Waals surface area contributed by atoms with E-state index in [0.717, 1.165) is 23.2 Å².